The Morgan fingerprint density at radius 2 is 1.96 bits per heavy atom. The summed E-state index contributed by atoms with van der Waals surface area (Å²) in [5, 5.41) is 0. The average molecular weight is 336 g/mol. The second kappa shape index (κ2) is 9.90. The molecule has 1 aromatic carbocycles. The molecule has 0 amide bonds. The lowest BCUT2D eigenvalue weighted by Crippen LogP contribution is -2.13. The number of epoxide rings is 1. The zero-order valence-electron chi connectivity index (χ0n) is 15.5. The van der Waals surface area contributed by atoms with Crippen LogP contribution in [0.3, 0.4) is 0 Å². The van der Waals surface area contributed by atoms with E-state index in [4.69, 9.17) is 18.9 Å². The number of benzene rings is 1. The number of methoxy groups -OCH3 is 2. The van der Waals surface area contributed by atoms with E-state index in [1.807, 2.05) is 6.07 Å². The van der Waals surface area contributed by atoms with Gasteiger partial charge in [0, 0.05) is 20.1 Å². The Labute approximate surface area is 146 Å². The van der Waals surface area contributed by atoms with Crippen molar-refractivity contribution in [1.29, 1.82) is 0 Å². The molecule has 0 radical (unpaired) electrons. The van der Waals surface area contributed by atoms with Crippen LogP contribution in [0.1, 0.15) is 38.7 Å². The van der Waals surface area contributed by atoms with Crippen LogP contribution in [0.15, 0.2) is 18.2 Å². The molecule has 24 heavy (non-hydrogen) atoms. The number of rotatable bonds is 12. The first-order valence-electron chi connectivity index (χ1n) is 9.04. The van der Waals surface area contributed by atoms with Crippen LogP contribution in [-0.4, -0.2) is 40.1 Å². The second-order valence-electron chi connectivity index (χ2n) is 6.92. The summed E-state index contributed by atoms with van der Waals surface area (Å²) in [7, 11) is 3.39. The minimum absolute atomic E-state index is 0.516. The van der Waals surface area contributed by atoms with E-state index in [1.54, 1.807) is 14.2 Å². The van der Waals surface area contributed by atoms with Crippen LogP contribution in [0, 0.1) is 11.8 Å². The highest BCUT2D eigenvalue weighted by Gasteiger charge is 2.25. The van der Waals surface area contributed by atoms with E-state index in [-0.39, 0.29) is 0 Å². The lowest BCUT2D eigenvalue weighted by molar-refractivity contribution is 0.170. The largest absolute Gasteiger partial charge is 0.493 e. The Kier molecular flexibility index (Phi) is 7.86. The van der Waals surface area contributed by atoms with Gasteiger partial charge in [-0.25, -0.2) is 0 Å². The monoisotopic (exact) mass is 336 g/mol. The van der Waals surface area contributed by atoms with E-state index in [0.29, 0.717) is 31.2 Å². The van der Waals surface area contributed by atoms with E-state index in [0.717, 1.165) is 30.9 Å². The lowest BCUT2D eigenvalue weighted by atomic mass is 9.85. The highest BCUT2D eigenvalue weighted by molar-refractivity contribution is 5.43. The molecule has 0 bridgehead atoms. The summed E-state index contributed by atoms with van der Waals surface area (Å²) in [6.07, 6.45) is 4.86. The van der Waals surface area contributed by atoms with Gasteiger partial charge in [-0.05, 0) is 48.8 Å². The molecule has 1 aromatic rings. The van der Waals surface area contributed by atoms with Crippen molar-refractivity contribution in [2.45, 2.75) is 45.6 Å². The Morgan fingerprint density at radius 3 is 2.58 bits per heavy atom. The van der Waals surface area contributed by atoms with Crippen LogP contribution >= 0.6 is 0 Å². The van der Waals surface area contributed by atoms with Gasteiger partial charge < -0.3 is 18.9 Å². The molecule has 0 saturated carbocycles. The van der Waals surface area contributed by atoms with Gasteiger partial charge in [-0.1, -0.05) is 19.9 Å². The highest BCUT2D eigenvalue weighted by Crippen LogP contribution is 2.32. The van der Waals surface area contributed by atoms with Gasteiger partial charge in [-0.3, -0.25) is 0 Å². The molecule has 0 aromatic heterocycles. The van der Waals surface area contributed by atoms with Gasteiger partial charge in [0.1, 0.15) is 0 Å². The highest BCUT2D eigenvalue weighted by atomic mass is 16.6. The summed E-state index contributed by atoms with van der Waals surface area (Å²) < 4.78 is 21.7. The van der Waals surface area contributed by atoms with Crippen molar-refractivity contribution >= 4 is 0 Å². The summed E-state index contributed by atoms with van der Waals surface area (Å²) in [5.74, 6) is 2.96. The molecule has 0 unspecified atom stereocenters. The Hall–Kier alpha value is -1.26. The molecule has 2 rings (SSSR count). The van der Waals surface area contributed by atoms with Crippen molar-refractivity contribution in [3.63, 3.8) is 0 Å². The Bertz CT molecular complexity index is 483. The fraction of sp³-hybridized carbons (Fsp3) is 0.700. The predicted molar refractivity (Wildman–Crippen MR) is 96.0 cm³/mol. The van der Waals surface area contributed by atoms with Crippen LogP contribution in [0.2, 0.25) is 0 Å². The first-order valence-corrected chi connectivity index (χ1v) is 9.04. The first kappa shape index (κ1) is 19.1. The molecule has 1 heterocycles. The fourth-order valence-electron chi connectivity index (χ4n) is 2.95. The van der Waals surface area contributed by atoms with Crippen molar-refractivity contribution in [1.82, 2.24) is 0 Å². The van der Waals surface area contributed by atoms with Gasteiger partial charge in [-0.15, -0.1) is 0 Å². The second-order valence-corrected chi connectivity index (χ2v) is 6.92. The molecule has 1 aliphatic heterocycles. The van der Waals surface area contributed by atoms with E-state index in [2.05, 4.69) is 26.0 Å². The van der Waals surface area contributed by atoms with Gasteiger partial charge in [0.2, 0.25) is 0 Å². The van der Waals surface area contributed by atoms with Crippen molar-refractivity contribution in [2.75, 3.05) is 34.0 Å². The van der Waals surface area contributed by atoms with E-state index in [1.165, 1.54) is 18.4 Å². The van der Waals surface area contributed by atoms with E-state index < -0.39 is 0 Å². The Morgan fingerprint density at radius 1 is 1.17 bits per heavy atom. The summed E-state index contributed by atoms with van der Waals surface area (Å²) in [6, 6.07) is 6.31. The van der Waals surface area contributed by atoms with Gasteiger partial charge in [0.25, 0.3) is 0 Å². The zero-order valence-corrected chi connectivity index (χ0v) is 15.5. The van der Waals surface area contributed by atoms with Crippen LogP contribution < -0.4 is 9.47 Å². The standard InChI is InChI=1S/C20H32O4/c1-15(2)17(7-8-18-14-24-18)12-16-6-9-19(22-4)20(13-16)23-11-5-10-21-3/h6,9,13,15,17-18H,5,7-8,10-12,14H2,1-4H3/t17-,18-/m1/s1. The SMILES string of the molecule is COCCCOc1cc(C[C@@H](CC[C@@H]2CO2)C(C)C)ccc1OC. The van der Waals surface area contributed by atoms with Crippen molar-refractivity contribution < 1.29 is 18.9 Å². The maximum atomic E-state index is 5.90. The lowest BCUT2D eigenvalue weighted by Gasteiger charge is -2.21. The van der Waals surface area contributed by atoms with Crippen LogP contribution in [0.25, 0.3) is 0 Å². The third-order valence-corrected chi connectivity index (χ3v) is 4.68. The number of hydrogen-bond donors (Lipinski definition) is 0. The molecule has 4 heteroatoms. The number of hydrogen-bond acceptors (Lipinski definition) is 4. The maximum absolute atomic E-state index is 5.90. The quantitative estimate of drug-likeness (QED) is 0.425. The molecule has 1 aliphatic rings. The predicted octanol–water partition coefficient (Wildman–Crippen LogP) is 4.10. The van der Waals surface area contributed by atoms with E-state index >= 15 is 0 Å². The third kappa shape index (κ3) is 6.33. The summed E-state index contributed by atoms with van der Waals surface area (Å²) >= 11 is 0. The van der Waals surface area contributed by atoms with Crippen LogP contribution in [0.4, 0.5) is 0 Å². The fourth-order valence-corrected chi connectivity index (χ4v) is 2.95. The van der Waals surface area contributed by atoms with Crippen molar-refractivity contribution in [3.8, 4) is 11.5 Å². The molecule has 0 aliphatic carbocycles. The summed E-state index contributed by atoms with van der Waals surface area (Å²) in [5.41, 5.74) is 1.31. The van der Waals surface area contributed by atoms with E-state index in [9.17, 15) is 0 Å². The smallest absolute Gasteiger partial charge is 0.161 e. The normalized spacial score (nSPS) is 17.8. The molecule has 136 valence electrons. The van der Waals surface area contributed by atoms with Crippen LogP contribution in [0.5, 0.6) is 11.5 Å². The molecule has 2 atom stereocenters. The van der Waals surface area contributed by atoms with Crippen molar-refractivity contribution in [3.05, 3.63) is 23.8 Å². The summed E-state index contributed by atoms with van der Waals surface area (Å²) in [4.78, 5) is 0. The summed E-state index contributed by atoms with van der Waals surface area (Å²) in [6.45, 7) is 6.92. The maximum Gasteiger partial charge on any atom is 0.161 e. The first-order chi connectivity index (χ1) is 11.6. The third-order valence-electron chi connectivity index (χ3n) is 4.68. The molecule has 1 fully saturated rings. The minimum atomic E-state index is 0.516. The average Bonchev–Trinajstić information content (AvgIpc) is 3.39. The van der Waals surface area contributed by atoms with Gasteiger partial charge in [0.05, 0.1) is 26.4 Å². The van der Waals surface area contributed by atoms with Crippen LogP contribution in [-0.2, 0) is 15.9 Å². The zero-order chi connectivity index (χ0) is 17.4. The number of ether oxygens (including phenoxy) is 4. The van der Waals surface area contributed by atoms with Crippen molar-refractivity contribution in [2.24, 2.45) is 11.8 Å². The van der Waals surface area contributed by atoms with Gasteiger partial charge in [-0.2, -0.15) is 0 Å². The minimum Gasteiger partial charge on any atom is -0.493 e. The van der Waals surface area contributed by atoms with Gasteiger partial charge >= 0.3 is 0 Å². The Balaban J connectivity index is 1.96. The molecular formula is C20H32O4. The molecule has 4 nitrogen and oxygen atoms in total. The topological polar surface area (TPSA) is 40.2 Å². The molecule has 0 spiro atoms. The molecule has 1 saturated heterocycles. The van der Waals surface area contributed by atoms with Gasteiger partial charge in [0.15, 0.2) is 11.5 Å². The molecule has 0 N–H and O–H groups in total. The molecular weight excluding hydrogens is 304 g/mol.